The molecule has 1 fully saturated rings. The van der Waals surface area contributed by atoms with Crippen LogP contribution in [0.2, 0.25) is 10.2 Å². The summed E-state index contributed by atoms with van der Waals surface area (Å²) in [5.41, 5.74) is 4.17. The summed E-state index contributed by atoms with van der Waals surface area (Å²) in [6, 6.07) is 6.16. The number of benzene rings is 1. The first kappa shape index (κ1) is 23.0. The van der Waals surface area contributed by atoms with E-state index in [0.717, 1.165) is 70.1 Å². The van der Waals surface area contributed by atoms with Crippen molar-refractivity contribution in [1.82, 2.24) is 19.8 Å². The SMILES string of the molecule is Cc1c(-c2c(-c3ccsc3)sc3ncnc(Cl)c23)ccc(OCCN2CCN(C)CC2)c1Cl. The second kappa shape index (κ2) is 9.86. The van der Waals surface area contributed by atoms with Crippen molar-refractivity contribution in [2.24, 2.45) is 0 Å². The Labute approximate surface area is 211 Å². The number of ether oxygens (including phenoxy) is 1. The highest BCUT2D eigenvalue weighted by Gasteiger charge is 2.23. The van der Waals surface area contributed by atoms with Gasteiger partial charge in [0, 0.05) is 48.7 Å². The van der Waals surface area contributed by atoms with E-state index in [-0.39, 0.29) is 0 Å². The monoisotopic (exact) mass is 518 g/mol. The molecule has 0 spiro atoms. The molecule has 1 aromatic carbocycles. The zero-order valence-electron chi connectivity index (χ0n) is 18.5. The Bertz CT molecular complexity index is 1270. The van der Waals surface area contributed by atoms with Gasteiger partial charge in [-0.1, -0.05) is 29.3 Å². The van der Waals surface area contributed by atoms with Crippen LogP contribution in [-0.4, -0.2) is 66.1 Å². The molecule has 1 saturated heterocycles. The van der Waals surface area contributed by atoms with Crippen molar-refractivity contribution in [3.05, 3.63) is 51.0 Å². The summed E-state index contributed by atoms with van der Waals surface area (Å²) >= 11 is 16.7. The standard InChI is InChI=1S/C24H24Cl2N4OS2/c1-15-17(3-4-18(21(15)25)31-11-10-30-8-6-29(2)7-9-30)19-20-23(26)27-14-28-24(20)33-22(19)16-5-12-32-13-16/h3-5,12-14H,6-11H2,1-2H3. The first-order valence-electron chi connectivity index (χ1n) is 10.8. The van der Waals surface area contributed by atoms with Crippen LogP contribution in [0.4, 0.5) is 0 Å². The van der Waals surface area contributed by atoms with Gasteiger partial charge >= 0.3 is 0 Å². The normalized spacial score (nSPS) is 15.4. The fourth-order valence-corrected chi connectivity index (χ4v) is 6.53. The van der Waals surface area contributed by atoms with Crippen LogP contribution in [0, 0.1) is 6.92 Å². The van der Waals surface area contributed by atoms with Gasteiger partial charge in [0.25, 0.3) is 0 Å². The molecule has 0 atom stereocenters. The molecule has 1 aliphatic heterocycles. The lowest BCUT2D eigenvalue weighted by atomic mass is 9.97. The highest BCUT2D eigenvalue weighted by Crippen LogP contribution is 2.48. The molecule has 9 heteroatoms. The van der Waals surface area contributed by atoms with Crippen LogP contribution in [0.3, 0.4) is 0 Å². The van der Waals surface area contributed by atoms with Gasteiger partial charge in [0.2, 0.25) is 0 Å². The van der Waals surface area contributed by atoms with Crippen LogP contribution in [0.25, 0.3) is 31.8 Å². The summed E-state index contributed by atoms with van der Waals surface area (Å²) in [5, 5.41) is 6.18. The van der Waals surface area contributed by atoms with E-state index in [4.69, 9.17) is 27.9 Å². The zero-order valence-corrected chi connectivity index (χ0v) is 21.6. The first-order valence-corrected chi connectivity index (χ1v) is 13.3. The van der Waals surface area contributed by atoms with Crippen LogP contribution in [0.15, 0.2) is 35.3 Å². The summed E-state index contributed by atoms with van der Waals surface area (Å²) < 4.78 is 6.10. The van der Waals surface area contributed by atoms with Gasteiger partial charge in [0.15, 0.2) is 0 Å². The molecule has 5 rings (SSSR count). The number of thiophene rings is 2. The molecule has 33 heavy (non-hydrogen) atoms. The Morgan fingerprint density at radius 2 is 1.91 bits per heavy atom. The molecule has 0 unspecified atom stereocenters. The number of piperazine rings is 1. The molecule has 3 aromatic heterocycles. The number of rotatable bonds is 6. The average molecular weight is 520 g/mol. The van der Waals surface area contributed by atoms with Crippen LogP contribution >= 0.6 is 45.9 Å². The van der Waals surface area contributed by atoms with E-state index < -0.39 is 0 Å². The number of hydrogen-bond donors (Lipinski definition) is 0. The fraction of sp³-hybridized carbons (Fsp3) is 0.333. The largest absolute Gasteiger partial charge is 0.491 e. The molecule has 0 N–H and O–H groups in total. The smallest absolute Gasteiger partial charge is 0.141 e. The van der Waals surface area contributed by atoms with E-state index in [2.05, 4.69) is 49.7 Å². The molecular weight excluding hydrogens is 495 g/mol. The maximum atomic E-state index is 6.82. The van der Waals surface area contributed by atoms with Gasteiger partial charge in [-0.15, -0.1) is 11.3 Å². The minimum absolute atomic E-state index is 0.454. The van der Waals surface area contributed by atoms with E-state index >= 15 is 0 Å². The molecule has 0 amide bonds. The van der Waals surface area contributed by atoms with E-state index in [9.17, 15) is 0 Å². The Kier molecular flexibility index (Phi) is 6.88. The third kappa shape index (κ3) is 4.63. The minimum Gasteiger partial charge on any atom is -0.491 e. The molecule has 4 heterocycles. The lowest BCUT2D eigenvalue weighted by Gasteiger charge is -2.32. The number of aromatic nitrogens is 2. The highest BCUT2D eigenvalue weighted by molar-refractivity contribution is 7.23. The van der Waals surface area contributed by atoms with Gasteiger partial charge in [0.1, 0.15) is 28.7 Å². The van der Waals surface area contributed by atoms with Crippen molar-refractivity contribution in [1.29, 1.82) is 0 Å². The Balaban J connectivity index is 1.46. The van der Waals surface area contributed by atoms with Gasteiger partial charge < -0.3 is 9.64 Å². The Morgan fingerprint density at radius 3 is 2.67 bits per heavy atom. The van der Waals surface area contributed by atoms with Gasteiger partial charge in [-0.25, -0.2) is 9.97 Å². The number of hydrogen-bond acceptors (Lipinski definition) is 7. The van der Waals surface area contributed by atoms with Crippen LogP contribution in [-0.2, 0) is 0 Å². The van der Waals surface area contributed by atoms with Crippen LogP contribution in [0.1, 0.15) is 5.56 Å². The Morgan fingerprint density at radius 1 is 1.09 bits per heavy atom. The maximum absolute atomic E-state index is 6.82. The summed E-state index contributed by atoms with van der Waals surface area (Å²) in [7, 11) is 2.16. The lowest BCUT2D eigenvalue weighted by Crippen LogP contribution is -2.45. The van der Waals surface area contributed by atoms with Crippen molar-refractivity contribution in [2.75, 3.05) is 46.4 Å². The third-order valence-corrected chi connectivity index (χ3v) is 8.69. The number of halogens is 2. The quantitative estimate of drug-likeness (QED) is 0.279. The molecule has 0 saturated carbocycles. The fourth-order valence-electron chi connectivity index (χ4n) is 4.15. The third-order valence-electron chi connectivity index (χ3n) is 6.11. The average Bonchev–Trinajstić information content (AvgIpc) is 3.47. The molecule has 0 bridgehead atoms. The van der Waals surface area contributed by atoms with Crippen molar-refractivity contribution >= 4 is 56.1 Å². The second-order valence-corrected chi connectivity index (χ2v) is 10.7. The summed E-state index contributed by atoms with van der Waals surface area (Å²) in [4.78, 5) is 15.5. The maximum Gasteiger partial charge on any atom is 0.141 e. The summed E-state index contributed by atoms with van der Waals surface area (Å²) in [6.07, 6.45) is 1.51. The van der Waals surface area contributed by atoms with E-state index in [1.165, 1.54) is 6.33 Å². The Hall–Kier alpha value is -1.74. The molecule has 0 radical (unpaired) electrons. The second-order valence-electron chi connectivity index (χ2n) is 8.21. The van der Waals surface area contributed by atoms with E-state index in [1.54, 1.807) is 22.7 Å². The van der Waals surface area contributed by atoms with Crippen molar-refractivity contribution < 1.29 is 4.74 Å². The molecule has 5 nitrogen and oxygen atoms in total. The summed E-state index contributed by atoms with van der Waals surface area (Å²) in [5.74, 6) is 0.714. The van der Waals surface area contributed by atoms with Crippen LogP contribution < -0.4 is 4.74 Å². The topological polar surface area (TPSA) is 41.5 Å². The predicted molar refractivity (Wildman–Crippen MR) is 140 cm³/mol. The lowest BCUT2D eigenvalue weighted by molar-refractivity contribution is 0.134. The van der Waals surface area contributed by atoms with Gasteiger partial charge in [-0.3, -0.25) is 4.90 Å². The molecule has 1 aliphatic rings. The predicted octanol–water partition coefficient (Wildman–Crippen LogP) is 6.33. The van der Waals surface area contributed by atoms with Gasteiger partial charge in [-0.05, 0) is 48.0 Å². The van der Waals surface area contributed by atoms with Crippen molar-refractivity contribution in [3.63, 3.8) is 0 Å². The first-order chi connectivity index (χ1) is 16.0. The molecule has 172 valence electrons. The van der Waals surface area contributed by atoms with E-state index in [1.807, 2.05) is 13.0 Å². The van der Waals surface area contributed by atoms with Gasteiger partial charge in [-0.2, -0.15) is 11.3 Å². The highest BCUT2D eigenvalue weighted by atomic mass is 35.5. The van der Waals surface area contributed by atoms with Crippen molar-refractivity contribution in [2.45, 2.75) is 6.92 Å². The van der Waals surface area contributed by atoms with E-state index in [0.29, 0.717) is 22.5 Å². The molecular formula is C24H24Cl2N4OS2. The molecule has 0 aliphatic carbocycles. The minimum atomic E-state index is 0.454. The summed E-state index contributed by atoms with van der Waals surface area (Å²) in [6.45, 7) is 7.89. The number of likely N-dealkylation sites (N-methyl/N-ethyl adjacent to an activating group) is 1. The molecule has 4 aromatic rings. The van der Waals surface area contributed by atoms with Crippen molar-refractivity contribution in [3.8, 4) is 27.3 Å². The van der Waals surface area contributed by atoms with Crippen LogP contribution in [0.5, 0.6) is 5.75 Å². The number of fused-ring (bicyclic) bond motifs is 1. The zero-order chi connectivity index (χ0) is 22.9. The van der Waals surface area contributed by atoms with Gasteiger partial charge in [0.05, 0.1) is 10.4 Å². The number of nitrogens with zero attached hydrogens (tertiary/aromatic N) is 4.